The molecule has 164 valence electrons. The molecule has 0 aromatic heterocycles. The van der Waals surface area contributed by atoms with Gasteiger partial charge in [0.25, 0.3) is 5.91 Å². The molecule has 30 heavy (non-hydrogen) atoms. The van der Waals surface area contributed by atoms with Gasteiger partial charge in [0, 0.05) is 37.7 Å². The smallest absolute Gasteiger partial charge is 0.251 e. The largest absolute Gasteiger partial charge is 0.356 e. The second kappa shape index (κ2) is 12.5. The molecule has 0 aliphatic carbocycles. The van der Waals surface area contributed by atoms with Gasteiger partial charge in [-0.25, -0.2) is 4.39 Å². The molecule has 0 aliphatic heterocycles. The van der Waals surface area contributed by atoms with E-state index in [1.165, 1.54) is 6.07 Å². The molecule has 0 aliphatic rings. The topological polar surface area (TPSA) is 65.5 Å². The molecular formula is C23H32FIN4O. The van der Waals surface area contributed by atoms with Crippen LogP contribution in [0.1, 0.15) is 48.7 Å². The van der Waals surface area contributed by atoms with Gasteiger partial charge in [-0.15, -0.1) is 24.0 Å². The molecule has 1 amide bonds. The highest BCUT2D eigenvalue weighted by Gasteiger charge is 2.21. The van der Waals surface area contributed by atoms with Crippen LogP contribution in [0.15, 0.2) is 53.5 Å². The van der Waals surface area contributed by atoms with Crippen LogP contribution < -0.4 is 16.0 Å². The molecule has 0 spiro atoms. The Morgan fingerprint density at radius 1 is 1.07 bits per heavy atom. The number of nitrogens with one attached hydrogen (secondary N) is 3. The van der Waals surface area contributed by atoms with E-state index in [1.54, 1.807) is 19.2 Å². The molecule has 3 N–H and O–H groups in total. The van der Waals surface area contributed by atoms with Crippen LogP contribution >= 0.6 is 24.0 Å². The van der Waals surface area contributed by atoms with Crippen LogP contribution in [0.3, 0.4) is 0 Å². The van der Waals surface area contributed by atoms with Gasteiger partial charge < -0.3 is 16.0 Å². The summed E-state index contributed by atoms with van der Waals surface area (Å²) in [6.45, 7) is 7.93. The molecule has 2 aromatic carbocycles. The maximum absolute atomic E-state index is 13.5. The van der Waals surface area contributed by atoms with Crippen molar-refractivity contribution in [2.75, 3.05) is 20.1 Å². The van der Waals surface area contributed by atoms with Gasteiger partial charge >= 0.3 is 0 Å². The van der Waals surface area contributed by atoms with Crippen molar-refractivity contribution in [3.63, 3.8) is 0 Å². The van der Waals surface area contributed by atoms with E-state index in [0.29, 0.717) is 31.2 Å². The molecule has 0 fully saturated rings. The Kier molecular flexibility index (Phi) is 10.8. The van der Waals surface area contributed by atoms with Crippen molar-refractivity contribution in [1.29, 1.82) is 0 Å². The van der Waals surface area contributed by atoms with Gasteiger partial charge in [0.15, 0.2) is 5.96 Å². The molecule has 0 atom stereocenters. The maximum Gasteiger partial charge on any atom is 0.251 e. The number of nitrogens with zero attached hydrogens (tertiary/aromatic N) is 1. The summed E-state index contributed by atoms with van der Waals surface area (Å²) < 4.78 is 13.5. The van der Waals surface area contributed by atoms with Crippen molar-refractivity contribution < 1.29 is 9.18 Å². The molecule has 0 radical (unpaired) electrons. The van der Waals surface area contributed by atoms with E-state index >= 15 is 0 Å². The van der Waals surface area contributed by atoms with Crippen LogP contribution in [0, 0.1) is 5.82 Å². The third-order valence-electron chi connectivity index (χ3n) is 4.71. The number of hydrogen-bond donors (Lipinski definition) is 3. The average molecular weight is 526 g/mol. The van der Waals surface area contributed by atoms with Gasteiger partial charge in [-0.3, -0.25) is 9.79 Å². The Labute approximate surface area is 196 Å². The van der Waals surface area contributed by atoms with Crippen LogP contribution in [0.4, 0.5) is 4.39 Å². The maximum atomic E-state index is 13.5. The number of hydrogen-bond acceptors (Lipinski definition) is 2. The van der Waals surface area contributed by atoms with Gasteiger partial charge in [0.05, 0.1) is 0 Å². The lowest BCUT2D eigenvalue weighted by Gasteiger charge is -2.27. The fourth-order valence-electron chi connectivity index (χ4n) is 2.89. The van der Waals surface area contributed by atoms with Gasteiger partial charge in [0.1, 0.15) is 5.82 Å². The Morgan fingerprint density at radius 3 is 2.47 bits per heavy atom. The van der Waals surface area contributed by atoms with E-state index in [2.05, 4.69) is 34.8 Å². The third-order valence-corrected chi connectivity index (χ3v) is 4.71. The standard InChI is InChI=1S/C23H31FN4O.HI/c1-5-12-26-21(29)18-9-6-8-17(13-18)15-27-22(25-4)28-16-23(2,3)19-10-7-11-20(24)14-19;/h6-11,13-14H,5,12,15-16H2,1-4H3,(H,26,29)(H2,25,27,28);1H. The first-order chi connectivity index (χ1) is 13.9. The van der Waals surface area contributed by atoms with Gasteiger partial charge in [-0.1, -0.05) is 45.0 Å². The normalized spacial score (nSPS) is 11.4. The van der Waals surface area contributed by atoms with Crippen LogP contribution in [0.5, 0.6) is 0 Å². The van der Waals surface area contributed by atoms with E-state index in [1.807, 2.05) is 37.3 Å². The van der Waals surface area contributed by atoms with Crippen LogP contribution in [-0.4, -0.2) is 32.0 Å². The molecule has 5 nitrogen and oxygen atoms in total. The Hall–Kier alpha value is -2.16. The van der Waals surface area contributed by atoms with E-state index in [9.17, 15) is 9.18 Å². The number of rotatable bonds is 8. The zero-order valence-corrected chi connectivity index (χ0v) is 20.4. The number of carbonyl (C=O) groups excluding carboxylic acids is 1. The van der Waals surface area contributed by atoms with E-state index in [-0.39, 0.29) is 41.1 Å². The fourth-order valence-corrected chi connectivity index (χ4v) is 2.89. The zero-order chi connectivity index (χ0) is 21.3. The summed E-state index contributed by atoms with van der Waals surface area (Å²) in [6, 6.07) is 14.2. The first kappa shape index (κ1) is 25.9. The minimum Gasteiger partial charge on any atom is -0.356 e. The lowest BCUT2D eigenvalue weighted by atomic mass is 9.84. The predicted molar refractivity (Wildman–Crippen MR) is 132 cm³/mol. The number of halogens is 2. The van der Waals surface area contributed by atoms with Crippen LogP contribution in [0.25, 0.3) is 0 Å². The predicted octanol–water partition coefficient (Wildman–Crippen LogP) is 4.23. The molecule has 0 saturated heterocycles. The number of amides is 1. The van der Waals surface area contributed by atoms with Crippen molar-refractivity contribution in [3.05, 3.63) is 71.0 Å². The summed E-state index contributed by atoms with van der Waals surface area (Å²) in [7, 11) is 1.71. The monoisotopic (exact) mass is 526 g/mol. The minimum atomic E-state index is -0.267. The lowest BCUT2D eigenvalue weighted by Crippen LogP contribution is -2.43. The fraction of sp³-hybridized carbons (Fsp3) is 0.391. The first-order valence-electron chi connectivity index (χ1n) is 9.93. The molecule has 0 unspecified atom stereocenters. The lowest BCUT2D eigenvalue weighted by molar-refractivity contribution is 0.0953. The summed E-state index contributed by atoms with van der Waals surface area (Å²) in [4.78, 5) is 16.4. The van der Waals surface area contributed by atoms with E-state index in [0.717, 1.165) is 17.5 Å². The highest BCUT2D eigenvalue weighted by Crippen LogP contribution is 2.22. The average Bonchev–Trinajstić information content (AvgIpc) is 2.72. The third kappa shape index (κ3) is 7.93. The van der Waals surface area contributed by atoms with E-state index < -0.39 is 0 Å². The molecule has 2 rings (SSSR count). The second-order valence-electron chi connectivity index (χ2n) is 7.63. The van der Waals surface area contributed by atoms with Crippen molar-refractivity contribution in [2.45, 2.75) is 39.2 Å². The number of carbonyl (C=O) groups is 1. The molecule has 2 aromatic rings. The highest BCUT2D eigenvalue weighted by molar-refractivity contribution is 14.0. The van der Waals surface area contributed by atoms with Gasteiger partial charge in [0.2, 0.25) is 0 Å². The minimum absolute atomic E-state index is 0. The highest BCUT2D eigenvalue weighted by atomic mass is 127. The Balaban J connectivity index is 0.00000450. The van der Waals surface area contributed by atoms with E-state index in [4.69, 9.17) is 0 Å². The Bertz CT molecular complexity index is 855. The summed E-state index contributed by atoms with van der Waals surface area (Å²) in [6.07, 6.45) is 0.904. The summed E-state index contributed by atoms with van der Waals surface area (Å²) in [5.74, 6) is 0.351. The van der Waals surface area contributed by atoms with Crippen molar-refractivity contribution >= 4 is 35.8 Å². The van der Waals surface area contributed by atoms with Crippen molar-refractivity contribution in [3.8, 4) is 0 Å². The first-order valence-corrected chi connectivity index (χ1v) is 9.93. The molecule has 7 heteroatoms. The Morgan fingerprint density at radius 2 is 1.80 bits per heavy atom. The molecule has 0 heterocycles. The summed E-state index contributed by atoms with van der Waals surface area (Å²) in [5.41, 5.74) is 2.29. The number of benzene rings is 2. The van der Waals surface area contributed by atoms with Crippen molar-refractivity contribution in [2.24, 2.45) is 4.99 Å². The molecule has 0 saturated carbocycles. The second-order valence-corrected chi connectivity index (χ2v) is 7.63. The van der Waals surface area contributed by atoms with Crippen LogP contribution in [-0.2, 0) is 12.0 Å². The quantitative estimate of drug-likeness (QED) is 0.274. The molecular weight excluding hydrogens is 494 g/mol. The van der Waals surface area contributed by atoms with Gasteiger partial charge in [-0.05, 0) is 41.8 Å². The summed E-state index contributed by atoms with van der Waals surface area (Å²) >= 11 is 0. The van der Waals surface area contributed by atoms with Crippen molar-refractivity contribution in [1.82, 2.24) is 16.0 Å². The molecule has 0 bridgehead atoms. The number of aliphatic imine (C=N–C) groups is 1. The van der Waals surface area contributed by atoms with Crippen LogP contribution in [0.2, 0.25) is 0 Å². The number of guanidine groups is 1. The SMILES string of the molecule is CCCNC(=O)c1cccc(CNC(=NC)NCC(C)(C)c2cccc(F)c2)c1.I. The zero-order valence-electron chi connectivity index (χ0n) is 18.1. The summed E-state index contributed by atoms with van der Waals surface area (Å²) in [5, 5.41) is 9.45. The van der Waals surface area contributed by atoms with Gasteiger partial charge in [-0.2, -0.15) is 0 Å².